The number of methoxy groups -OCH3 is 1. The number of para-hydroxylation sites is 1. The minimum atomic E-state index is -0.797. The Labute approximate surface area is 180 Å². The number of hydrogen-bond acceptors (Lipinski definition) is 7. The van der Waals surface area contributed by atoms with Gasteiger partial charge in [0, 0.05) is 17.0 Å². The number of rotatable bonds is 3. The molecule has 1 amide bonds. The van der Waals surface area contributed by atoms with Gasteiger partial charge in [-0.25, -0.2) is 0 Å². The minimum absolute atomic E-state index is 0.185. The Morgan fingerprint density at radius 2 is 2.03 bits per heavy atom. The first-order chi connectivity index (χ1) is 14.0. The van der Waals surface area contributed by atoms with Crippen molar-refractivity contribution in [1.82, 2.24) is 15.2 Å². The lowest BCUT2D eigenvalue weighted by atomic mass is 10.1. The van der Waals surface area contributed by atoms with E-state index in [9.17, 15) is 4.79 Å². The van der Waals surface area contributed by atoms with Crippen LogP contribution in [0.4, 0.5) is 5.69 Å². The highest BCUT2D eigenvalue weighted by Crippen LogP contribution is 2.45. The van der Waals surface area contributed by atoms with Crippen LogP contribution in [0.2, 0.25) is 0 Å². The second-order valence-corrected chi connectivity index (χ2v) is 7.90. The molecule has 1 aromatic heterocycles. The third-order valence-electron chi connectivity index (χ3n) is 4.49. The summed E-state index contributed by atoms with van der Waals surface area (Å²) in [6, 6.07) is 13.0. The van der Waals surface area contributed by atoms with Crippen molar-refractivity contribution in [2.75, 3.05) is 18.3 Å². The first kappa shape index (κ1) is 19.7. The van der Waals surface area contributed by atoms with Gasteiger partial charge in [0.05, 0.1) is 18.4 Å². The van der Waals surface area contributed by atoms with Crippen molar-refractivity contribution < 1.29 is 14.3 Å². The summed E-state index contributed by atoms with van der Waals surface area (Å²) in [6.45, 7) is 1.50. The normalized spacial score (nSPS) is 15.0. The van der Waals surface area contributed by atoms with Crippen LogP contribution in [0, 0.1) is 0 Å². The maximum atomic E-state index is 12.8. The zero-order chi connectivity index (χ0) is 20.5. The number of thioether (sulfide) groups is 1. The zero-order valence-electron chi connectivity index (χ0n) is 15.9. The van der Waals surface area contributed by atoms with Gasteiger partial charge in [0.25, 0.3) is 0 Å². The van der Waals surface area contributed by atoms with Gasteiger partial charge in [-0.15, -0.1) is 10.2 Å². The number of nitrogens with zero attached hydrogens (tertiary/aromatic N) is 4. The Balaban J connectivity index is 2.01. The summed E-state index contributed by atoms with van der Waals surface area (Å²) in [5, 5.41) is 8.97. The molecule has 0 radical (unpaired) electrons. The fourth-order valence-electron chi connectivity index (χ4n) is 3.24. The largest absolute Gasteiger partial charge is 0.496 e. The SMILES string of the molecule is COc1ccc(Br)cc1[C@H]1Oc2nc(SC)nnc2-c2ccccc2N1C(C)=O. The Bertz CT molecular complexity index is 1100. The first-order valence-corrected chi connectivity index (χ1v) is 10.7. The second-order valence-electron chi connectivity index (χ2n) is 6.21. The molecule has 4 rings (SSSR count). The molecular weight excluding hydrogens is 456 g/mol. The maximum Gasteiger partial charge on any atom is 0.247 e. The number of aromatic nitrogens is 3. The predicted octanol–water partition coefficient (Wildman–Crippen LogP) is 4.48. The van der Waals surface area contributed by atoms with E-state index in [4.69, 9.17) is 9.47 Å². The molecule has 3 aromatic rings. The highest BCUT2D eigenvalue weighted by Gasteiger charge is 2.36. The van der Waals surface area contributed by atoms with E-state index >= 15 is 0 Å². The molecule has 0 spiro atoms. The molecule has 0 saturated carbocycles. The van der Waals surface area contributed by atoms with Crippen LogP contribution in [0.3, 0.4) is 0 Å². The molecule has 0 bridgehead atoms. The number of anilines is 1. The maximum absolute atomic E-state index is 12.8. The number of carbonyl (C=O) groups is 1. The van der Waals surface area contributed by atoms with Crippen molar-refractivity contribution in [2.24, 2.45) is 0 Å². The quantitative estimate of drug-likeness (QED) is 0.520. The van der Waals surface area contributed by atoms with Crippen molar-refractivity contribution >= 4 is 39.3 Å². The lowest BCUT2D eigenvalue weighted by molar-refractivity contribution is -0.118. The Morgan fingerprint density at radius 3 is 2.76 bits per heavy atom. The van der Waals surface area contributed by atoms with Crippen LogP contribution in [0.5, 0.6) is 11.6 Å². The van der Waals surface area contributed by atoms with E-state index in [2.05, 4.69) is 31.1 Å². The molecule has 0 saturated heterocycles. The molecule has 148 valence electrons. The third kappa shape index (κ3) is 3.56. The number of fused-ring (bicyclic) bond motifs is 3. The van der Waals surface area contributed by atoms with Gasteiger partial charge < -0.3 is 9.47 Å². The van der Waals surface area contributed by atoms with Crippen LogP contribution in [-0.4, -0.2) is 34.5 Å². The molecule has 0 fully saturated rings. The molecule has 1 atom stereocenters. The molecule has 0 unspecified atom stereocenters. The van der Waals surface area contributed by atoms with Gasteiger partial charge in [0.2, 0.25) is 23.2 Å². The standard InChI is InChI=1S/C20H17BrN4O3S/c1-11(26)25-15-7-5-4-6-13(15)17-18(22-20(29-3)24-23-17)28-19(25)14-10-12(21)8-9-16(14)27-2/h4-10,19H,1-3H3/t19-/m1/s1. The molecular formula is C20H17BrN4O3S. The molecule has 0 N–H and O–H groups in total. The first-order valence-electron chi connectivity index (χ1n) is 8.71. The van der Waals surface area contributed by atoms with E-state index in [0.29, 0.717) is 33.7 Å². The smallest absolute Gasteiger partial charge is 0.247 e. The average Bonchev–Trinajstić information content (AvgIpc) is 2.87. The van der Waals surface area contributed by atoms with Crippen LogP contribution >= 0.6 is 27.7 Å². The van der Waals surface area contributed by atoms with E-state index < -0.39 is 6.23 Å². The monoisotopic (exact) mass is 472 g/mol. The van der Waals surface area contributed by atoms with E-state index in [1.165, 1.54) is 18.7 Å². The van der Waals surface area contributed by atoms with Gasteiger partial charge in [-0.2, -0.15) is 4.98 Å². The summed E-state index contributed by atoms with van der Waals surface area (Å²) in [5.41, 5.74) is 2.56. The van der Waals surface area contributed by atoms with Crippen LogP contribution in [0.15, 0.2) is 52.1 Å². The summed E-state index contributed by atoms with van der Waals surface area (Å²) < 4.78 is 12.7. The lowest BCUT2D eigenvalue weighted by Crippen LogP contribution is -2.36. The van der Waals surface area contributed by atoms with Crippen LogP contribution < -0.4 is 14.4 Å². The van der Waals surface area contributed by atoms with E-state index in [0.717, 1.165) is 10.0 Å². The molecule has 1 aliphatic heterocycles. The van der Waals surface area contributed by atoms with Gasteiger partial charge >= 0.3 is 0 Å². The highest BCUT2D eigenvalue weighted by molar-refractivity contribution is 9.10. The Hall–Kier alpha value is -2.65. The number of hydrogen-bond donors (Lipinski definition) is 0. The van der Waals surface area contributed by atoms with Crippen molar-refractivity contribution in [3.8, 4) is 22.9 Å². The molecule has 7 nitrogen and oxygen atoms in total. The summed E-state index contributed by atoms with van der Waals surface area (Å²) in [6.07, 6.45) is 1.07. The van der Waals surface area contributed by atoms with E-state index in [1.54, 1.807) is 12.0 Å². The van der Waals surface area contributed by atoms with Gasteiger partial charge in [0.15, 0.2) is 5.69 Å². The second kappa shape index (κ2) is 8.00. The summed E-state index contributed by atoms with van der Waals surface area (Å²) in [4.78, 5) is 18.9. The number of benzene rings is 2. The van der Waals surface area contributed by atoms with Crippen LogP contribution in [0.25, 0.3) is 11.3 Å². The zero-order valence-corrected chi connectivity index (χ0v) is 18.3. The van der Waals surface area contributed by atoms with Crippen molar-refractivity contribution in [2.45, 2.75) is 18.3 Å². The highest BCUT2D eigenvalue weighted by atomic mass is 79.9. The number of carbonyl (C=O) groups excluding carboxylic acids is 1. The number of ether oxygens (including phenoxy) is 2. The Morgan fingerprint density at radius 1 is 1.24 bits per heavy atom. The van der Waals surface area contributed by atoms with Crippen LogP contribution in [0.1, 0.15) is 18.7 Å². The fourth-order valence-corrected chi connectivity index (χ4v) is 3.92. The molecule has 0 aliphatic carbocycles. The van der Waals surface area contributed by atoms with Crippen molar-refractivity contribution in [3.63, 3.8) is 0 Å². The van der Waals surface area contributed by atoms with Gasteiger partial charge in [-0.3, -0.25) is 9.69 Å². The number of halogens is 1. The van der Waals surface area contributed by atoms with Crippen molar-refractivity contribution in [1.29, 1.82) is 0 Å². The average molecular weight is 473 g/mol. The molecule has 9 heteroatoms. The third-order valence-corrected chi connectivity index (χ3v) is 5.52. The summed E-state index contributed by atoms with van der Waals surface area (Å²) in [5.74, 6) is 0.723. The molecule has 2 heterocycles. The topological polar surface area (TPSA) is 77.4 Å². The lowest BCUT2D eigenvalue weighted by Gasteiger charge is -2.30. The predicted molar refractivity (Wildman–Crippen MR) is 114 cm³/mol. The van der Waals surface area contributed by atoms with E-state index in [-0.39, 0.29) is 5.91 Å². The fraction of sp³-hybridized carbons (Fsp3) is 0.200. The van der Waals surface area contributed by atoms with Crippen LogP contribution in [-0.2, 0) is 4.79 Å². The van der Waals surface area contributed by atoms with Gasteiger partial charge in [-0.1, -0.05) is 45.9 Å². The van der Waals surface area contributed by atoms with E-state index in [1.807, 2.05) is 48.7 Å². The Kier molecular flexibility index (Phi) is 5.42. The molecule has 29 heavy (non-hydrogen) atoms. The van der Waals surface area contributed by atoms with Gasteiger partial charge in [-0.05, 0) is 30.5 Å². The number of amides is 1. The summed E-state index contributed by atoms with van der Waals surface area (Å²) in [7, 11) is 1.58. The van der Waals surface area contributed by atoms with Gasteiger partial charge in [0.1, 0.15) is 5.75 Å². The molecule has 2 aromatic carbocycles. The molecule has 1 aliphatic rings. The van der Waals surface area contributed by atoms with Crippen molar-refractivity contribution in [3.05, 3.63) is 52.5 Å². The minimum Gasteiger partial charge on any atom is -0.496 e. The summed E-state index contributed by atoms with van der Waals surface area (Å²) >= 11 is 4.87.